The van der Waals surface area contributed by atoms with Crippen molar-refractivity contribution in [3.63, 3.8) is 0 Å². The van der Waals surface area contributed by atoms with Gasteiger partial charge >= 0.3 is 0 Å². The van der Waals surface area contributed by atoms with Crippen LogP contribution in [0.15, 0.2) is 18.2 Å². The molecule has 19 heavy (non-hydrogen) atoms. The fourth-order valence-electron chi connectivity index (χ4n) is 1.54. The summed E-state index contributed by atoms with van der Waals surface area (Å²) in [4.78, 5) is 22.9. The summed E-state index contributed by atoms with van der Waals surface area (Å²) in [5, 5.41) is 3.43. The zero-order valence-corrected chi connectivity index (χ0v) is 11.8. The average molecular weight is 305 g/mol. The van der Waals surface area contributed by atoms with Gasteiger partial charge in [-0.15, -0.1) is 0 Å². The van der Waals surface area contributed by atoms with Gasteiger partial charge in [0.2, 0.25) is 11.8 Å². The van der Waals surface area contributed by atoms with Gasteiger partial charge in [-0.25, -0.2) is 0 Å². The first-order valence-corrected chi connectivity index (χ1v) is 6.22. The van der Waals surface area contributed by atoms with Gasteiger partial charge in [-0.05, 0) is 18.2 Å². The Morgan fingerprint density at radius 2 is 1.89 bits per heavy atom. The van der Waals surface area contributed by atoms with Crippen LogP contribution in [0.25, 0.3) is 0 Å². The minimum Gasteiger partial charge on any atom is -0.384 e. The number of halogens is 2. The smallest absolute Gasteiger partial charge is 0.230 e. The minimum atomic E-state index is -0.653. The van der Waals surface area contributed by atoms with Crippen LogP contribution in [0.5, 0.6) is 0 Å². The quantitative estimate of drug-likeness (QED) is 0.844. The highest BCUT2D eigenvalue weighted by Crippen LogP contribution is 2.23. The number of carbonyl (C=O) groups is 2. The Bertz CT molecular complexity index is 460. The molecule has 0 aliphatic carbocycles. The molecule has 0 aliphatic heterocycles. The summed E-state index contributed by atoms with van der Waals surface area (Å²) >= 11 is 11.6. The molecule has 0 heterocycles. The summed E-state index contributed by atoms with van der Waals surface area (Å²) in [6.45, 7) is 0.100. The van der Waals surface area contributed by atoms with Crippen LogP contribution in [0.4, 0.5) is 5.69 Å². The maximum Gasteiger partial charge on any atom is 0.230 e. The molecule has 1 rings (SSSR count). The molecule has 3 N–H and O–H groups in total. The van der Waals surface area contributed by atoms with Crippen molar-refractivity contribution in [2.45, 2.75) is 6.42 Å². The molecule has 104 valence electrons. The van der Waals surface area contributed by atoms with E-state index in [0.29, 0.717) is 15.7 Å². The first-order valence-electron chi connectivity index (χ1n) is 5.46. The van der Waals surface area contributed by atoms with E-state index in [0.717, 1.165) is 0 Å². The molecular weight excluding hydrogens is 291 g/mol. The average Bonchev–Trinajstić information content (AvgIpc) is 2.26. The SMILES string of the molecule is COCC(CC(N)=O)C(=O)Nc1cc(Cl)cc(Cl)c1. The van der Waals surface area contributed by atoms with Gasteiger partial charge in [-0.2, -0.15) is 0 Å². The molecule has 7 heteroatoms. The van der Waals surface area contributed by atoms with Gasteiger partial charge < -0.3 is 15.8 Å². The Hall–Kier alpha value is -1.30. The van der Waals surface area contributed by atoms with E-state index >= 15 is 0 Å². The second-order valence-electron chi connectivity index (χ2n) is 3.97. The summed E-state index contributed by atoms with van der Waals surface area (Å²) < 4.78 is 4.89. The predicted octanol–water partition coefficient (Wildman–Crippen LogP) is 2.07. The number of rotatable bonds is 6. The van der Waals surface area contributed by atoms with Crippen LogP contribution >= 0.6 is 23.2 Å². The summed E-state index contributed by atoms with van der Waals surface area (Å²) in [6.07, 6.45) is -0.0893. The van der Waals surface area contributed by atoms with Crippen molar-refractivity contribution in [3.05, 3.63) is 28.2 Å². The number of amides is 2. The number of carbonyl (C=O) groups excluding carboxylic acids is 2. The standard InChI is InChI=1S/C12H14Cl2N2O3/c1-19-6-7(2-11(15)17)12(18)16-10-4-8(13)3-9(14)5-10/h3-5,7H,2,6H2,1H3,(H2,15,17)(H,16,18). The number of hydrogen-bond acceptors (Lipinski definition) is 3. The van der Waals surface area contributed by atoms with Crippen molar-refractivity contribution in [3.8, 4) is 0 Å². The largest absolute Gasteiger partial charge is 0.384 e. The number of ether oxygens (including phenoxy) is 1. The Labute approximate surface area is 121 Å². The molecular formula is C12H14Cl2N2O3. The van der Waals surface area contributed by atoms with Gasteiger partial charge in [0.25, 0.3) is 0 Å². The van der Waals surface area contributed by atoms with Gasteiger partial charge in [0.15, 0.2) is 0 Å². The molecule has 0 saturated carbocycles. The maximum absolute atomic E-state index is 12.0. The second kappa shape index (κ2) is 7.33. The summed E-state index contributed by atoms with van der Waals surface area (Å²) in [5.74, 6) is -1.60. The monoisotopic (exact) mass is 304 g/mol. The van der Waals surface area contributed by atoms with E-state index in [9.17, 15) is 9.59 Å². The molecule has 0 fully saturated rings. The molecule has 1 aromatic rings. The van der Waals surface area contributed by atoms with Crippen molar-refractivity contribution >= 4 is 40.7 Å². The lowest BCUT2D eigenvalue weighted by Gasteiger charge is -2.14. The number of methoxy groups -OCH3 is 1. The van der Waals surface area contributed by atoms with E-state index in [-0.39, 0.29) is 18.9 Å². The third-order valence-corrected chi connectivity index (χ3v) is 2.75. The van der Waals surface area contributed by atoms with Crippen molar-refractivity contribution in [2.24, 2.45) is 11.7 Å². The van der Waals surface area contributed by atoms with E-state index < -0.39 is 11.8 Å². The molecule has 2 amide bonds. The van der Waals surface area contributed by atoms with Crippen molar-refractivity contribution in [1.29, 1.82) is 0 Å². The lowest BCUT2D eigenvalue weighted by atomic mass is 10.1. The Kier molecular flexibility index (Phi) is 6.08. The van der Waals surface area contributed by atoms with Crippen LogP contribution in [0, 0.1) is 5.92 Å². The highest BCUT2D eigenvalue weighted by Gasteiger charge is 2.21. The Morgan fingerprint density at radius 1 is 1.32 bits per heavy atom. The van der Waals surface area contributed by atoms with Crippen molar-refractivity contribution in [1.82, 2.24) is 0 Å². The first kappa shape index (κ1) is 15.8. The summed E-state index contributed by atoms with van der Waals surface area (Å²) in [5.41, 5.74) is 5.54. The van der Waals surface area contributed by atoms with E-state index in [1.54, 1.807) is 18.2 Å². The number of nitrogens with two attached hydrogens (primary N) is 1. The zero-order valence-electron chi connectivity index (χ0n) is 10.3. The topological polar surface area (TPSA) is 81.4 Å². The number of anilines is 1. The molecule has 0 saturated heterocycles. The molecule has 0 aliphatic rings. The molecule has 1 unspecified atom stereocenters. The van der Waals surface area contributed by atoms with E-state index in [1.165, 1.54) is 7.11 Å². The summed E-state index contributed by atoms with van der Waals surface area (Å²) in [6, 6.07) is 4.66. The normalized spacial score (nSPS) is 11.9. The molecule has 0 bridgehead atoms. The number of hydrogen-bond donors (Lipinski definition) is 2. The molecule has 1 atom stereocenters. The van der Waals surface area contributed by atoms with Crippen LogP contribution in [-0.2, 0) is 14.3 Å². The highest BCUT2D eigenvalue weighted by atomic mass is 35.5. The molecule has 0 radical (unpaired) electrons. The summed E-state index contributed by atoms with van der Waals surface area (Å²) in [7, 11) is 1.44. The molecule has 1 aromatic carbocycles. The maximum atomic E-state index is 12.0. The zero-order chi connectivity index (χ0) is 14.4. The van der Waals surface area contributed by atoms with Gasteiger partial charge in [0.05, 0.1) is 12.5 Å². The van der Waals surface area contributed by atoms with Crippen molar-refractivity contribution < 1.29 is 14.3 Å². The lowest BCUT2D eigenvalue weighted by Crippen LogP contribution is -2.30. The third-order valence-electron chi connectivity index (χ3n) is 2.32. The van der Waals surface area contributed by atoms with Crippen LogP contribution in [0.1, 0.15) is 6.42 Å². The van der Waals surface area contributed by atoms with Gasteiger partial charge in [-0.3, -0.25) is 9.59 Å². The third kappa shape index (κ3) is 5.46. The van der Waals surface area contributed by atoms with Gasteiger partial charge in [0.1, 0.15) is 0 Å². The van der Waals surface area contributed by atoms with Gasteiger partial charge in [-0.1, -0.05) is 23.2 Å². The number of nitrogens with one attached hydrogen (secondary N) is 1. The minimum absolute atomic E-state index is 0.0893. The van der Waals surface area contributed by atoms with Crippen LogP contribution in [0.3, 0.4) is 0 Å². The predicted molar refractivity (Wildman–Crippen MR) is 74.3 cm³/mol. The molecule has 0 spiro atoms. The Morgan fingerprint density at radius 3 is 2.37 bits per heavy atom. The highest BCUT2D eigenvalue weighted by molar-refractivity contribution is 6.35. The molecule has 0 aromatic heterocycles. The van der Waals surface area contributed by atoms with Crippen LogP contribution in [0.2, 0.25) is 10.0 Å². The van der Waals surface area contributed by atoms with Gasteiger partial charge in [0, 0.05) is 29.3 Å². The lowest BCUT2D eigenvalue weighted by molar-refractivity contribution is -0.127. The number of primary amides is 1. The van der Waals surface area contributed by atoms with Crippen LogP contribution in [-0.4, -0.2) is 25.5 Å². The van der Waals surface area contributed by atoms with Crippen LogP contribution < -0.4 is 11.1 Å². The fraction of sp³-hybridized carbons (Fsp3) is 0.333. The fourth-order valence-corrected chi connectivity index (χ4v) is 2.07. The Balaban J connectivity index is 2.77. The van der Waals surface area contributed by atoms with E-state index in [1.807, 2.05) is 0 Å². The van der Waals surface area contributed by atoms with E-state index in [4.69, 9.17) is 33.7 Å². The van der Waals surface area contributed by atoms with E-state index in [2.05, 4.69) is 5.32 Å². The first-order chi connectivity index (χ1) is 8.92. The number of benzene rings is 1. The van der Waals surface area contributed by atoms with Crippen molar-refractivity contribution in [2.75, 3.05) is 19.0 Å². The molecule has 5 nitrogen and oxygen atoms in total. The second-order valence-corrected chi connectivity index (χ2v) is 4.84.